The highest BCUT2D eigenvalue weighted by molar-refractivity contribution is 9.11. The fraction of sp³-hybridized carbons (Fsp3) is 0.314. The van der Waals surface area contributed by atoms with Crippen molar-refractivity contribution in [2.24, 2.45) is 11.5 Å². The van der Waals surface area contributed by atoms with Crippen LogP contribution in [0.2, 0.25) is 0 Å². The number of halogens is 8. The lowest BCUT2D eigenvalue weighted by Crippen LogP contribution is -2.54. The first-order valence-corrected chi connectivity index (χ1v) is 17.3. The average molecular weight is 880 g/mol. The fourth-order valence-corrected chi connectivity index (χ4v) is 6.74. The minimum atomic E-state index is -5.08. The van der Waals surface area contributed by atoms with Gasteiger partial charge in [-0.1, -0.05) is 92.5 Å². The summed E-state index contributed by atoms with van der Waals surface area (Å²) in [5, 5.41) is 18.5. The van der Waals surface area contributed by atoms with Crippen LogP contribution < -0.4 is 11.5 Å². The zero-order chi connectivity index (χ0) is 39.7. The molecule has 0 atom stereocenters. The lowest BCUT2D eigenvalue weighted by Gasteiger charge is -2.36. The van der Waals surface area contributed by atoms with Crippen LogP contribution in [-0.4, -0.2) is 88.0 Å². The predicted molar refractivity (Wildman–Crippen MR) is 192 cm³/mol. The second-order valence-corrected chi connectivity index (χ2v) is 13.4. The van der Waals surface area contributed by atoms with Crippen molar-refractivity contribution in [3.05, 3.63) is 92.9 Å². The van der Waals surface area contributed by atoms with Gasteiger partial charge in [0.1, 0.15) is 5.54 Å². The van der Waals surface area contributed by atoms with Crippen molar-refractivity contribution in [3.8, 4) is 0 Å². The summed E-state index contributed by atoms with van der Waals surface area (Å²) in [5.74, 6) is -5.68. The molecule has 5 rings (SSSR count). The van der Waals surface area contributed by atoms with Gasteiger partial charge in [0.25, 0.3) is 5.91 Å². The Balaban J connectivity index is 0.000000458. The van der Waals surface area contributed by atoms with Gasteiger partial charge in [-0.2, -0.15) is 26.3 Å². The molecule has 53 heavy (non-hydrogen) atoms. The summed E-state index contributed by atoms with van der Waals surface area (Å²) in [6, 6.07) is 24.2. The molecule has 3 amide bonds. The molecule has 0 bridgehead atoms. The number of rotatable bonds is 10. The summed E-state index contributed by atoms with van der Waals surface area (Å²) >= 11 is 7.36. The Bertz CT molecular complexity index is 1850. The number of aliphatic carboxylic acids is 2. The molecule has 0 aliphatic carbocycles. The van der Waals surface area contributed by atoms with Gasteiger partial charge in [0, 0.05) is 34.9 Å². The highest BCUT2D eigenvalue weighted by Crippen LogP contribution is 2.40. The van der Waals surface area contributed by atoms with Crippen molar-refractivity contribution in [3.63, 3.8) is 0 Å². The predicted octanol–water partition coefficient (Wildman–Crippen LogP) is 7.27. The van der Waals surface area contributed by atoms with Gasteiger partial charge in [-0.15, -0.1) is 0 Å². The van der Waals surface area contributed by atoms with Crippen molar-refractivity contribution < 1.29 is 55.7 Å². The van der Waals surface area contributed by atoms with Crippen molar-refractivity contribution in [2.45, 2.75) is 43.6 Å². The minimum absolute atomic E-state index is 0.169. The van der Waals surface area contributed by atoms with Crippen molar-refractivity contribution >= 4 is 77.3 Å². The van der Waals surface area contributed by atoms with E-state index in [4.69, 9.17) is 31.3 Å². The standard InChI is InChI=1S/C31H32Br2N4O2.2C2HF3O2/c32-27-13-11-21(23-7-1-3-9-25(23)27)19-31(20-22-12-14-28(33)26-10-4-2-8-24(22)26)29(38)36(17-5-15-34)30(39)37(31)18-6-16-35;2*3-2(4,5)1(6)7/h1-4,7-14H,5-6,15-20,34-35H2;2*(H,6,7). The highest BCUT2D eigenvalue weighted by Gasteiger charge is 2.56. The van der Waals surface area contributed by atoms with Gasteiger partial charge in [0.2, 0.25) is 0 Å². The Hall–Kier alpha value is -4.26. The van der Waals surface area contributed by atoms with Gasteiger partial charge < -0.3 is 26.6 Å². The fourth-order valence-electron chi connectivity index (χ4n) is 5.78. The molecule has 1 aliphatic rings. The van der Waals surface area contributed by atoms with Crippen LogP contribution in [0.15, 0.2) is 81.7 Å². The summed E-state index contributed by atoms with van der Waals surface area (Å²) in [4.78, 5) is 49.4. The van der Waals surface area contributed by atoms with E-state index in [1.807, 2.05) is 36.4 Å². The van der Waals surface area contributed by atoms with Gasteiger partial charge in [-0.05, 0) is 70.7 Å². The molecule has 18 heteroatoms. The molecule has 1 saturated heterocycles. The molecule has 1 heterocycles. The molecule has 0 aromatic heterocycles. The maximum Gasteiger partial charge on any atom is 0.490 e. The zero-order valence-electron chi connectivity index (χ0n) is 27.7. The number of carbonyl (C=O) groups excluding carboxylic acids is 2. The molecule has 0 saturated carbocycles. The Morgan fingerprint density at radius 3 is 1.36 bits per heavy atom. The van der Waals surface area contributed by atoms with Crippen molar-refractivity contribution in [1.82, 2.24) is 9.80 Å². The number of urea groups is 1. The third kappa shape index (κ3) is 10.5. The maximum absolute atomic E-state index is 14.5. The van der Waals surface area contributed by atoms with E-state index >= 15 is 0 Å². The number of carboxylic acids is 2. The number of imide groups is 1. The topological polar surface area (TPSA) is 167 Å². The number of hydrogen-bond acceptors (Lipinski definition) is 6. The van der Waals surface area contributed by atoms with Crippen molar-refractivity contribution in [2.75, 3.05) is 26.2 Å². The minimum Gasteiger partial charge on any atom is -0.475 e. The third-order valence-electron chi connectivity index (χ3n) is 8.17. The van der Waals surface area contributed by atoms with Gasteiger partial charge in [-0.25, -0.2) is 14.4 Å². The zero-order valence-corrected chi connectivity index (χ0v) is 30.9. The van der Waals surface area contributed by atoms with E-state index in [1.54, 1.807) is 4.90 Å². The van der Waals surface area contributed by atoms with E-state index in [9.17, 15) is 35.9 Å². The number of nitrogens with two attached hydrogens (primary N) is 2. The van der Waals surface area contributed by atoms with Crippen LogP contribution in [0.1, 0.15) is 24.0 Å². The molecule has 6 N–H and O–H groups in total. The number of carboxylic acid groups (broad SMARTS) is 2. The lowest BCUT2D eigenvalue weighted by atomic mass is 9.80. The lowest BCUT2D eigenvalue weighted by molar-refractivity contribution is -0.193. The van der Waals surface area contributed by atoms with Gasteiger partial charge in [0.05, 0.1) is 0 Å². The van der Waals surface area contributed by atoms with Crippen LogP contribution >= 0.6 is 31.9 Å². The Morgan fingerprint density at radius 2 is 1.00 bits per heavy atom. The second-order valence-electron chi connectivity index (χ2n) is 11.7. The molecule has 0 unspecified atom stereocenters. The quantitative estimate of drug-likeness (QED) is 0.0954. The molecule has 286 valence electrons. The summed E-state index contributed by atoms with van der Waals surface area (Å²) < 4.78 is 65.5. The molecule has 4 aromatic carbocycles. The van der Waals surface area contributed by atoms with Crippen LogP contribution in [0.5, 0.6) is 0 Å². The Kier molecular flexibility index (Phi) is 14.8. The van der Waals surface area contributed by atoms with E-state index in [0.29, 0.717) is 51.9 Å². The molecule has 0 spiro atoms. The molecule has 1 aliphatic heterocycles. The van der Waals surface area contributed by atoms with Crippen LogP contribution in [-0.2, 0) is 27.2 Å². The van der Waals surface area contributed by atoms with E-state index in [0.717, 1.165) is 41.6 Å². The normalized spacial score (nSPS) is 14.2. The number of amides is 3. The number of fused-ring (bicyclic) bond motifs is 2. The van der Waals surface area contributed by atoms with Gasteiger partial charge in [0.15, 0.2) is 0 Å². The molecule has 10 nitrogen and oxygen atoms in total. The molecule has 4 aromatic rings. The van der Waals surface area contributed by atoms with Crippen LogP contribution in [0.3, 0.4) is 0 Å². The first-order chi connectivity index (χ1) is 24.8. The van der Waals surface area contributed by atoms with Crippen molar-refractivity contribution in [1.29, 1.82) is 0 Å². The molecule has 1 fully saturated rings. The Labute approximate surface area is 315 Å². The SMILES string of the molecule is NCCCN1C(=O)N(CCCN)C(Cc2ccc(Br)c3ccccc23)(Cc2ccc(Br)c3ccccc23)C1=O.O=C(O)C(F)(F)F.O=C(O)C(F)(F)F. The van der Waals surface area contributed by atoms with Crippen LogP contribution in [0, 0.1) is 0 Å². The number of hydrogen-bond donors (Lipinski definition) is 4. The van der Waals surface area contributed by atoms with Crippen LogP contribution in [0.25, 0.3) is 21.5 Å². The third-order valence-corrected chi connectivity index (χ3v) is 9.55. The van der Waals surface area contributed by atoms with E-state index < -0.39 is 29.8 Å². The number of nitrogens with zero attached hydrogens (tertiary/aromatic N) is 2. The maximum atomic E-state index is 14.5. The molecular formula is C35H34Br2F6N4O6. The molecular weight excluding hydrogens is 846 g/mol. The summed E-state index contributed by atoms with van der Waals surface area (Å²) in [7, 11) is 0. The largest absolute Gasteiger partial charge is 0.490 e. The number of carbonyl (C=O) groups is 4. The molecule has 0 radical (unpaired) electrons. The summed E-state index contributed by atoms with van der Waals surface area (Å²) in [6.07, 6.45) is -8.23. The average Bonchev–Trinajstić information content (AvgIpc) is 3.28. The number of benzene rings is 4. The monoisotopic (exact) mass is 878 g/mol. The van der Waals surface area contributed by atoms with E-state index in [1.165, 1.54) is 4.90 Å². The van der Waals surface area contributed by atoms with Gasteiger partial charge >= 0.3 is 30.3 Å². The van der Waals surface area contributed by atoms with E-state index in [2.05, 4.69) is 68.3 Å². The summed E-state index contributed by atoms with van der Waals surface area (Å²) in [5.41, 5.74) is 12.6. The first-order valence-electron chi connectivity index (χ1n) is 15.8. The second kappa shape index (κ2) is 18.2. The summed E-state index contributed by atoms with van der Waals surface area (Å²) in [6.45, 7) is 1.54. The van der Waals surface area contributed by atoms with Gasteiger partial charge in [-0.3, -0.25) is 9.69 Å². The highest BCUT2D eigenvalue weighted by atomic mass is 79.9. The van der Waals surface area contributed by atoms with Crippen LogP contribution in [0.4, 0.5) is 31.1 Å². The number of alkyl halides is 6. The first kappa shape index (κ1) is 43.1. The van der Waals surface area contributed by atoms with E-state index in [-0.39, 0.29) is 11.9 Å². The Morgan fingerprint density at radius 1 is 0.642 bits per heavy atom. The smallest absolute Gasteiger partial charge is 0.475 e.